The van der Waals surface area contributed by atoms with Gasteiger partial charge in [-0.25, -0.2) is 4.98 Å². The average molecular weight is 330 g/mol. The van der Waals surface area contributed by atoms with Gasteiger partial charge in [0.15, 0.2) is 5.16 Å². The molecule has 0 aliphatic heterocycles. The summed E-state index contributed by atoms with van der Waals surface area (Å²) in [6.07, 6.45) is 4.45. The number of nitrogens with zero attached hydrogens (tertiary/aromatic N) is 2. The minimum Gasteiger partial charge on any atom is -0.298 e. The lowest BCUT2D eigenvalue weighted by molar-refractivity contribution is -0.119. The number of Topliss-reactive ketones (excluding diaryl/α,β-unsaturated/α-hetero) is 1. The van der Waals surface area contributed by atoms with E-state index in [-0.39, 0.29) is 16.9 Å². The Hall–Kier alpha value is -1.62. The quantitative estimate of drug-likeness (QED) is 0.796. The molecular weight excluding hydrogens is 308 g/mol. The van der Waals surface area contributed by atoms with Gasteiger partial charge in [-0.1, -0.05) is 37.2 Å². The molecule has 122 valence electrons. The van der Waals surface area contributed by atoms with Crippen molar-refractivity contribution < 1.29 is 4.79 Å². The lowest BCUT2D eigenvalue weighted by atomic mass is 9.99. The molecule has 1 aliphatic rings. The Morgan fingerprint density at radius 2 is 2.09 bits per heavy atom. The predicted molar refractivity (Wildman–Crippen MR) is 94.1 cm³/mol. The summed E-state index contributed by atoms with van der Waals surface area (Å²) >= 11 is 1.47. The minimum atomic E-state index is -0.0629. The lowest BCUT2D eigenvalue weighted by Crippen LogP contribution is -2.28. The number of hydrogen-bond acceptors (Lipinski definition) is 4. The monoisotopic (exact) mass is 330 g/mol. The zero-order valence-corrected chi connectivity index (χ0v) is 14.4. The highest BCUT2D eigenvalue weighted by Crippen LogP contribution is 2.32. The molecule has 4 nitrogen and oxygen atoms in total. The van der Waals surface area contributed by atoms with Gasteiger partial charge in [0, 0.05) is 12.5 Å². The summed E-state index contributed by atoms with van der Waals surface area (Å²) in [6, 6.07) is 7.52. The molecule has 1 saturated carbocycles. The normalized spacial score (nSPS) is 19.9. The molecule has 1 aliphatic carbocycles. The Labute approximate surface area is 140 Å². The molecule has 0 spiro atoms. The number of para-hydroxylation sites is 1. The van der Waals surface area contributed by atoms with Gasteiger partial charge >= 0.3 is 0 Å². The molecule has 0 unspecified atom stereocenters. The van der Waals surface area contributed by atoms with E-state index in [9.17, 15) is 9.59 Å². The van der Waals surface area contributed by atoms with Crippen molar-refractivity contribution in [3.05, 3.63) is 34.6 Å². The van der Waals surface area contributed by atoms with Crippen LogP contribution in [-0.2, 0) is 4.79 Å². The van der Waals surface area contributed by atoms with Crippen molar-refractivity contribution in [3.63, 3.8) is 0 Å². The first kappa shape index (κ1) is 16.2. The molecule has 1 fully saturated rings. The van der Waals surface area contributed by atoms with Crippen molar-refractivity contribution in [1.82, 2.24) is 9.55 Å². The van der Waals surface area contributed by atoms with Crippen LogP contribution in [0.2, 0.25) is 0 Å². The Morgan fingerprint density at radius 3 is 2.83 bits per heavy atom. The van der Waals surface area contributed by atoms with Crippen molar-refractivity contribution in [2.45, 2.75) is 62.4 Å². The fourth-order valence-electron chi connectivity index (χ4n) is 2.98. The highest BCUT2D eigenvalue weighted by atomic mass is 32.2. The predicted octanol–water partition coefficient (Wildman–Crippen LogP) is 3.97. The van der Waals surface area contributed by atoms with Crippen LogP contribution in [0.4, 0.5) is 0 Å². The minimum absolute atomic E-state index is 0.00397. The molecule has 5 heteroatoms. The third-order valence-corrected chi connectivity index (χ3v) is 5.84. The smallest absolute Gasteiger partial charge is 0.262 e. The van der Waals surface area contributed by atoms with Gasteiger partial charge in [-0.15, -0.1) is 0 Å². The highest BCUT2D eigenvalue weighted by Gasteiger charge is 2.26. The molecule has 23 heavy (non-hydrogen) atoms. The Kier molecular flexibility index (Phi) is 4.85. The van der Waals surface area contributed by atoms with E-state index >= 15 is 0 Å². The second-order valence-corrected chi connectivity index (χ2v) is 7.33. The van der Waals surface area contributed by atoms with E-state index in [4.69, 9.17) is 4.98 Å². The summed E-state index contributed by atoms with van der Waals surface area (Å²) in [5.74, 6) is 0.291. The number of hydrogen-bond donors (Lipinski definition) is 0. The van der Waals surface area contributed by atoms with Crippen molar-refractivity contribution in [2.75, 3.05) is 0 Å². The van der Waals surface area contributed by atoms with Gasteiger partial charge in [-0.3, -0.25) is 14.2 Å². The maximum Gasteiger partial charge on any atom is 0.262 e. The van der Waals surface area contributed by atoms with Crippen LogP contribution in [0.15, 0.2) is 34.2 Å². The zero-order valence-electron chi connectivity index (χ0n) is 13.6. The summed E-state index contributed by atoms with van der Waals surface area (Å²) < 4.78 is 1.77. The van der Waals surface area contributed by atoms with Crippen LogP contribution in [0.1, 0.15) is 52.0 Å². The standard InChI is InChI=1S/C18H22N2O2S/c1-3-12(2)20-17(22)13-8-4-5-9-14(13)19-18(20)23-16-11-7-6-10-15(16)21/h4-5,8-9,12,16H,3,6-7,10-11H2,1-2H3/t12-,16-/m0/s1. The Balaban J connectivity index is 2.10. The molecular formula is C18H22N2O2S. The van der Waals surface area contributed by atoms with E-state index in [0.29, 0.717) is 28.3 Å². The molecule has 0 saturated heterocycles. The maximum atomic E-state index is 12.9. The van der Waals surface area contributed by atoms with Gasteiger partial charge in [0.2, 0.25) is 0 Å². The second kappa shape index (κ2) is 6.87. The van der Waals surface area contributed by atoms with Crippen LogP contribution >= 0.6 is 11.8 Å². The molecule has 1 aromatic carbocycles. The van der Waals surface area contributed by atoms with Crippen LogP contribution in [-0.4, -0.2) is 20.6 Å². The number of benzene rings is 1. The van der Waals surface area contributed by atoms with Crippen molar-refractivity contribution >= 4 is 28.4 Å². The first-order valence-corrected chi connectivity index (χ1v) is 9.20. The molecule has 2 atom stereocenters. The number of thioether (sulfide) groups is 1. The van der Waals surface area contributed by atoms with Gasteiger partial charge in [0.1, 0.15) is 5.78 Å². The number of carbonyl (C=O) groups is 1. The van der Waals surface area contributed by atoms with Crippen molar-refractivity contribution in [3.8, 4) is 0 Å². The number of ketones is 1. The van der Waals surface area contributed by atoms with E-state index < -0.39 is 0 Å². The van der Waals surface area contributed by atoms with E-state index in [0.717, 1.165) is 25.7 Å². The molecule has 1 aromatic heterocycles. The molecule has 0 amide bonds. The van der Waals surface area contributed by atoms with Gasteiger partial charge in [-0.2, -0.15) is 0 Å². The van der Waals surface area contributed by atoms with E-state index in [2.05, 4.69) is 6.92 Å². The number of fused-ring (bicyclic) bond motifs is 1. The maximum absolute atomic E-state index is 12.9. The molecule has 0 radical (unpaired) electrons. The third-order valence-electron chi connectivity index (χ3n) is 4.55. The first-order valence-electron chi connectivity index (χ1n) is 8.32. The summed E-state index contributed by atoms with van der Waals surface area (Å²) in [5.41, 5.74) is 0.707. The molecule has 0 bridgehead atoms. The zero-order chi connectivity index (χ0) is 16.4. The fraction of sp³-hybridized carbons (Fsp3) is 0.500. The number of rotatable bonds is 4. The molecule has 0 N–H and O–H groups in total. The van der Waals surface area contributed by atoms with Gasteiger partial charge < -0.3 is 0 Å². The topological polar surface area (TPSA) is 52.0 Å². The number of aromatic nitrogens is 2. The Bertz CT molecular complexity index is 784. The van der Waals surface area contributed by atoms with Crippen LogP contribution in [0.5, 0.6) is 0 Å². The first-order chi connectivity index (χ1) is 11.1. The van der Waals surface area contributed by atoms with E-state index in [1.54, 1.807) is 4.57 Å². The third kappa shape index (κ3) is 3.20. The van der Waals surface area contributed by atoms with Crippen LogP contribution in [0, 0.1) is 0 Å². The van der Waals surface area contributed by atoms with Crippen LogP contribution < -0.4 is 5.56 Å². The summed E-state index contributed by atoms with van der Waals surface area (Å²) in [6.45, 7) is 4.09. The van der Waals surface area contributed by atoms with Crippen LogP contribution in [0.25, 0.3) is 10.9 Å². The molecule has 3 rings (SSSR count). The largest absolute Gasteiger partial charge is 0.298 e. The average Bonchev–Trinajstić information content (AvgIpc) is 2.57. The van der Waals surface area contributed by atoms with E-state index in [1.165, 1.54) is 11.8 Å². The molecule has 2 aromatic rings. The van der Waals surface area contributed by atoms with Crippen LogP contribution in [0.3, 0.4) is 0 Å². The highest BCUT2D eigenvalue weighted by molar-refractivity contribution is 8.00. The fourth-order valence-corrected chi connectivity index (χ4v) is 4.30. The van der Waals surface area contributed by atoms with Gasteiger partial charge in [0.25, 0.3) is 5.56 Å². The van der Waals surface area contributed by atoms with Crippen molar-refractivity contribution in [2.24, 2.45) is 0 Å². The van der Waals surface area contributed by atoms with Gasteiger partial charge in [-0.05, 0) is 38.3 Å². The Morgan fingerprint density at radius 1 is 1.30 bits per heavy atom. The SMILES string of the molecule is CC[C@H](C)n1c(S[C@H]2CCCCC2=O)nc2ccccc2c1=O. The summed E-state index contributed by atoms with van der Waals surface area (Å²) in [4.78, 5) is 29.8. The molecule has 1 heterocycles. The van der Waals surface area contributed by atoms with Crippen molar-refractivity contribution in [1.29, 1.82) is 0 Å². The second-order valence-electron chi connectivity index (χ2n) is 6.16. The lowest BCUT2D eigenvalue weighted by Gasteiger charge is -2.23. The number of carbonyl (C=O) groups excluding carboxylic acids is 1. The summed E-state index contributed by atoms with van der Waals surface area (Å²) in [5, 5.41) is 1.27. The summed E-state index contributed by atoms with van der Waals surface area (Å²) in [7, 11) is 0. The van der Waals surface area contributed by atoms with Gasteiger partial charge in [0.05, 0.1) is 16.2 Å². The van der Waals surface area contributed by atoms with E-state index in [1.807, 2.05) is 31.2 Å².